The van der Waals surface area contributed by atoms with Crippen molar-refractivity contribution in [3.8, 4) is 5.75 Å². The molecule has 0 aromatic heterocycles. The number of urea groups is 1. The normalized spacial score (nSPS) is 24.4. The van der Waals surface area contributed by atoms with Crippen LogP contribution in [-0.2, 0) is 54.1 Å². The number of unbranched alkanes of at least 4 members (excludes halogenated alkanes) is 1. The van der Waals surface area contributed by atoms with Crippen molar-refractivity contribution in [1.29, 1.82) is 0 Å². The number of anilines is 2. The Morgan fingerprint density at radius 1 is 1.01 bits per heavy atom. The van der Waals surface area contributed by atoms with Crippen LogP contribution >= 0.6 is 43.5 Å². The Morgan fingerprint density at radius 3 is 2.33 bits per heavy atom. The fourth-order valence-corrected chi connectivity index (χ4v) is 12.4. The zero-order chi connectivity index (χ0) is 65.4. The van der Waals surface area contributed by atoms with Crippen molar-refractivity contribution < 1.29 is 76.3 Å². The van der Waals surface area contributed by atoms with E-state index in [1.807, 2.05) is 13.0 Å². The Morgan fingerprint density at radius 2 is 1.70 bits per heavy atom. The van der Waals surface area contributed by atoms with Crippen molar-refractivity contribution in [2.24, 2.45) is 23.5 Å². The van der Waals surface area contributed by atoms with Crippen LogP contribution < -0.4 is 47.3 Å². The molecule has 5 rings (SSSR count). The van der Waals surface area contributed by atoms with Crippen molar-refractivity contribution in [1.82, 2.24) is 31.5 Å². The number of halogens is 4. The number of carbonyl (C=O) groups excluding carboxylic acids is 9. The van der Waals surface area contributed by atoms with Crippen LogP contribution in [0.4, 0.5) is 25.4 Å². The van der Waals surface area contributed by atoms with E-state index in [1.165, 1.54) is 46.2 Å². The van der Waals surface area contributed by atoms with Crippen LogP contribution in [0.3, 0.4) is 0 Å². The summed E-state index contributed by atoms with van der Waals surface area (Å²) in [7, 11) is 5.56. The summed E-state index contributed by atoms with van der Waals surface area (Å²) in [5, 5.41) is 29.2. The Bertz CT molecular complexity index is 2920. The summed E-state index contributed by atoms with van der Waals surface area (Å²) >= 11 is 13.5. The van der Waals surface area contributed by atoms with Crippen LogP contribution in [0.5, 0.6) is 5.75 Å². The third kappa shape index (κ3) is 19.1. The number of nitrogens with zero attached hydrogens (tertiary/aromatic N) is 2. The van der Waals surface area contributed by atoms with Gasteiger partial charge in [-0.2, -0.15) is 0 Å². The molecule has 0 radical (unpaired) electrons. The number of esters is 1. The van der Waals surface area contributed by atoms with Gasteiger partial charge in [-0.1, -0.05) is 88.0 Å². The number of benzene rings is 2. The Balaban J connectivity index is 1.33. The highest BCUT2D eigenvalue weighted by molar-refractivity contribution is 9.09. The molecule has 28 heteroatoms. The van der Waals surface area contributed by atoms with Gasteiger partial charge in [0.1, 0.15) is 58.9 Å². The minimum absolute atomic E-state index is 0.0223. The van der Waals surface area contributed by atoms with Crippen molar-refractivity contribution in [2.75, 3.05) is 62.3 Å². The second kappa shape index (κ2) is 33.0. The van der Waals surface area contributed by atoms with Crippen molar-refractivity contribution in [3.05, 3.63) is 76.1 Å². The number of methoxy groups -OCH3 is 2. The molecule has 3 aliphatic heterocycles. The van der Waals surface area contributed by atoms with E-state index < -0.39 is 125 Å². The number of nitrogens with two attached hydrogens (primary N) is 1. The van der Waals surface area contributed by atoms with Crippen LogP contribution in [0.15, 0.2) is 54.1 Å². The van der Waals surface area contributed by atoms with Crippen LogP contribution in [-0.4, -0.2) is 176 Å². The lowest BCUT2D eigenvalue weighted by Crippen LogP contribution is -2.63. The zero-order valence-electron chi connectivity index (χ0n) is 51.2. The number of amides is 8. The molecule has 1 unspecified atom stereocenters. The number of epoxide rings is 1. The Hall–Kier alpha value is -6.23. The first kappa shape index (κ1) is 72.5. The molecule has 0 spiro atoms. The number of ether oxygens (including phenoxy) is 5. The lowest BCUT2D eigenvalue weighted by Gasteiger charge is -2.42. The number of rotatable bonds is 26. The first-order valence-corrected chi connectivity index (χ1v) is 31.6. The highest BCUT2D eigenvalue weighted by Crippen LogP contribution is 2.49. The summed E-state index contributed by atoms with van der Waals surface area (Å²) in [5.74, 6) is -6.16. The van der Waals surface area contributed by atoms with Crippen LogP contribution in [0.1, 0.15) is 102 Å². The molecule has 3 heterocycles. The second-order valence-corrected chi connectivity index (χ2v) is 24.6. The Labute approximate surface area is 534 Å². The van der Waals surface area contributed by atoms with Gasteiger partial charge < -0.3 is 70.4 Å². The number of hydrogen-bond acceptors (Lipinski definition) is 16. The molecule has 3 aliphatic rings. The maximum Gasteiger partial charge on any atom is 0.409 e. The number of likely N-dealkylation sites (N-methyl/N-ethyl adjacent to an activating group) is 1. The molecule has 0 saturated carbocycles. The van der Waals surface area contributed by atoms with E-state index in [-0.39, 0.29) is 65.7 Å². The molecule has 11 atom stereocenters. The van der Waals surface area contributed by atoms with E-state index in [2.05, 4.69) is 63.8 Å². The number of primary amides is 1. The van der Waals surface area contributed by atoms with E-state index in [0.717, 1.165) is 28.2 Å². The van der Waals surface area contributed by atoms with E-state index in [0.29, 0.717) is 49.2 Å². The zero-order valence-corrected chi connectivity index (χ0v) is 55.1. The molecule has 4 bridgehead atoms. The first-order chi connectivity index (χ1) is 41.6. The molecule has 486 valence electrons. The van der Waals surface area contributed by atoms with Gasteiger partial charge in [0.15, 0.2) is 5.72 Å². The van der Waals surface area contributed by atoms with Gasteiger partial charge in [-0.15, -0.1) is 0 Å². The number of carbonyl (C=O) groups is 9. The standard InChI is InChI=1S/C60H83Br2ClFN9O15/c1-32(2)50(68-39(31-74)16-11-12-21-66-52(76)37(29-61)30-62)54(78)70-42(17-14-22-67-57(65)81)53(77)69-38-19-20-40(41(64)26-38)55(79)72(7)35(5)56(80)87-47-27-48(75)73(8)43-24-36(25-44(84-9)49(43)63)23-33(3)15-13-18-46(85-10)60(83)28-45(86-58(82)71-60)34(4)51-59(47,6)88-51/h13,15,18-20,24-26,31-32,34-35,37,39,42,45-47,50-51,68,83H,11-12,14,16-17,21-23,27-30H2,1-10H3,(H,66,76)(H,69,77)(H,70,78)(H,71,82)(H3,65,67,81)/b18-13+,33-15+/t34-,35+,39?,42+,45+,46-,47+,50+,51+,59+,60+/m1/s1. The number of aliphatic hydroxyl groups is 1. The summed E-state index contributed by atoms with van der Waals surface area (Å²) in [6.07, 6.45) is 1.98. The molecule has 24 nitrogen and oxygen atoms in total. The molecule has 0 aliphatic carbocycles. The monoisotopic (exact) mass is 1380 g/mol. The fourth-order valence-electron chi connectivity index (χ4n) is 10.4. The predicted octanol–water partition coefficient (Wildman–Crippen LogP) is 5.71. The number of nitrogens with one attached hydrogen (secondary N) is 6. The molecule has 9 N–H and O–H groups in total. The molecule has 8 amide bonds. The fraction of sp³-hybridized carbons (Fsp3) is 0.583. The topological polar surface area (TPSA) is 328 Å². The molecule has 2 fully saturated rings. The number of fused-ring (bicyclic) bond motifs is 5. The quantitative estimate of drug-likeness (QED) is 0.0184. The SMILES string of the molecule is COc1cc2cc(c1Cl)N(C)C(=O)C[C@H](OC(=O)[C@H](C)N(C)C(=O)c1ccc(NC(=O)[C@H](CCCNC(N)=O)NC(=O)[C@@H](NC(C=O)CCCCNC(=O)C(CBr)CBr)C(C)C)cc1F)[C@]1(C)O[C@H]1[C@H](C)[C@@H]1C[C@@](O)(NC(=O)O1)[C@H](OC)/C=C/C=C(\C)C2. The van der Waals surface area contributed by atoms with E-state index in [4.69, 9.17) is 41.0 Å². The average Bonchev–Trinajstić information content (AvgIpc) is 1.58. The van der Waals surface area contributed by atoms with E-state index >= 15 is 4.39 Å². The molecule has 88 heavy (non-hydrogen) atoms. The summed E-state index contributed by atoms with van der Waals surface area (Å²) in [5.41, 5.74) is 3.13. The van der Waals surface area contributed by atoms with Crippen molar-refractivity contribution >= 4 is 109 Å². The minimum atomic E-state index is -1.94. The number of aldehydes is 1. The first-order valence-electron chi connectivity index (χ1n) is 29.0. The van der Waals surface area contributed by atoms with Gasteiger partial charge in [0, 0.05) is 63.0 Å². The number of alkyl carbamates (subject to hydrolysis) is 1. The van der Waals surface area contributed by atoms with Gasteiger partial charge >= 0.3 is 18.1 Å². The molecular formula is C60H83Br2ClFN9O15. The predicted molar refractivity (Wildman–Crippen MR) is 334 cm³/mol. The smallest absolute Gasteiger partial charge is 0.409 e. The number of alkyl halides is 2. The highest BCUT2D eigenvalue weighted by Gasteiger charge is 2.64. The Kier molecular flexibility index (Phi) is 27.2. The maximum absolute atomic E-state index is 16.2. The second-order valence-electron chi connectivity index (χ2n) is 22.9. The van der Waals surface area contributed by atoms with Crippen LogP contribution in [0.2, 0.25) is 5.02 Å². The van der Waals surface area contributed by atoms with E-state index in [9.17, 15) is 48.3 Å². The van der Waals surface area contributed by atoms with Crippen LogP contribution in [0, 0.1) is 23.6 Å². The summed E-state index contributed by atoms with van der Waals surface area (Å²) in [6.45, 7) is 10.5. The largest absolute Gasteiger partial charge is 0.495 e. The number of allylic oxidation sites excluding steroid dienone is 3. The number of hydrogen-bond donors (Lipinski definition) is 8. The summed E-state index contributed by atoms with van der Waals surface area (Å²) in [6, 6.07) is 1.50. The van der Waals surface area contributed by atoms with Gasteiger partial charge in [0.25, 0.3) is 5.91 Å². The van der Waals surface area contributed by atoms with Gasteiger partial charge in [-0.3, -0.25) is 34.6 Å². The molecule has 2 aromatic carbocycles. The van der Waals surface area contributed by atoms with Crippen molar-refractivity contribution in [3.63, 3.8) is 0 Å². The molecule has 2 aromatic rings. The molecular weight excluding hydrogens is 1300 g/mol. The molecule has 2 saturated heterocycles. The lowest BCUT2D eigenvalue weighted by molar-refractivity contribution is -0.158. The van der Waals surface area contributed by atoms with Gasteiger partial charge in [0.2, 0.25) is 23.6 Å². The maximum atomic E-state index is 16.2. The van der Waals surface area contributed by atoms with Gasteiger partial charge in [-0.25, -0.2) is 18.8 Å². The highest BCUT2D eigenvalue weighted by atomic mass is 79.9. The van der Waals surface area contributed by atoms with Crippen LogP contribution in [0.25, 0.3) is 0 Å². The van der Waals surface area contributed by atoms with Gasteiger partial charge in [-0.05, 0) is 101 Å². The lowest BCUT2D eigenvalue weighted by atomic mass is 9.83. The van der Waals surface area contributed by atoms with Crippen molar-refractivity contribution in [2.45, 2.75) is 153 Å². The average molecular weight is 1380 g/mol. The van der Waals surface area contributed by atoms with E-state index in [1.54, 1.807) is 52.0 Å². The third-order valence-corrected chi connectivity index (χ3v) is 18.0. The summed E-state index contributed by atoms with van der Waals surface area (Å²) < 4.78 is 45.6. The van der Waals surface area contributed by atoms with Gasteiger partial charge in [0.05, 0.1) is 48.9 Å². The minimum Gasteiger partial charge on any atom is -0.495 e. The third-order valence-electron chi connectivity index (χ3n) is 16.0. The summed E-state index contributed by atoms with van der Waals surface area (Å²) in [4.78, 5) is 122.